The van der Waals surface area contributed by atoms with Gasteiger partial charge in [0.25, 0.3) is 5.91 Å². The van der Waals surface area contributed by atoms with Crippen molar-refractivity contribution < 1.29 is 9.53 Å². The Hall–Kier alpha value is -3.28. The molecule has 0 saturated carbocycles. The predicted molar refractivity (Wildman–Crippen MR) is 88.1 cm³/mol. The molecule has 0 spiro atoms. The van der Waals surface area contributed by atoms with E-state index >= 15 is 0 Å². The van der Waals surface area contributed by atoms with Crippen molar-refractivity contribution in [2.45, 2.75) is 0 Å². The fourth-order valence-electron chi connectivity index (χ4n) is 2.28. The first-order valence-corrected chi connectivity index (χ1v) is 6.89. The molecule has 1 heterocycles. The number of aromatic nitrogens is 1. The standard InChI is InChI=1S/C17H13N3O3/c1-23-12-6-4-11(5-7-12)17(21)19-16-13-3-2-10-18-14(13)8-9-15(16)20-22/h2-10H,1H3,(H,19,21). The third-order valence-electron chi connectivity index (χ3n) is 3.45. The molecule has 0 aliphatic carbocycles. The van der Waals surface area contributed by atoms with E-state index in [4.69, 9.17) is 4.74 Å². The number of hydrogen-bond acceptors (Lipinski definition) is 5. The van der Waals surface area contributed by atoms with Gasteiger partial charge in [0, 0.05) is 17.1 Å². The monoisotopic (exact) mass is 307 g/mol. The summed E-state index contributed by atoms with van der Waals surface area (Å²) < 4.78 is 5.07. The first-order valence-electron chi connectivity index (χ1n) is 6.89. The second kappa shape index (κ2) is 6.23. The molecule has 0 fully saturated rings. The number of pyridine rings is 1. The van der Waals surface area contributed by atoms with Gasteiger partial charge in [0.15, 0.2) is 0 Å². The molecule has 0 atom stereocenters. The molecule has 0 saturated heterocycles. The fourth-order valence-corrected chi connectivity index (χ4v) is 2.28. The van der Waals surface area contributed by atoms with E-state index in [0.29, 0.717) is 27.9 Å². The van der Waals surface area contributed by atoms with Crippen LogP contribution in [0.25, 0.3) is 10.9 Å². The van der Waals surface area contributed by atoms with E-state index in [9.17, 15) is 9.70 Å². The van der Waals surface area contributed by atoms with Crippen LogP contribution >= 0.6 is 0 Å². The smallest absolute Gasteiger partial charge is 0.255 e. The molecule has 0 unspecified atom stereocenters. The zero-order chi connectivity index (χ0) is 16.2. The van der Waals surface area contributed by atoms with Crippen LogP contribution in [-0.4, -0.2) is 18.0 Å². The first-order chi connectivity index (χ1) is 11.2. The number of amides is 1. The summed E-state index contributed by atoms with van der Waals surface area (Å²) in [5.74, 6) is 0.320. The quantitative estimate of drug-likeness (QED) is 0.741. The third kappa shape index (κ3) is 2.87. The predicted octanol–water partition coefficient (Wildman–Crippen LogP) is 3.89. The highest BCUT2D eigenvalue weighted by molar-refractivity contribution is 6.11. The van der Waals surface area contributed by atoms with Gasteiger partial charge in [-0.25, -0.2) is 0 Å². The molecule has 3 aromatic rings. The highest BCUT2D eigenvalue weighted by atomic mass is 16.5. The molecule has 6 heteroatoms. The number of methoxy groups -OCH3 is 1. The maximum atomic E-state index is 12.4. The molecule has 0 aliphatic rings. The van der Waals surface area contributed by atoms with Gasteiger partial charge in [-0.3, -0.25) is 9.78 Å². The van der Waals surface area contributed by atoms with Gasteiger partial charge in [-0.1, -0.05) is 0 Å². The molecular formula is C17H13N3O3. The lowest BCUT2D eigenvalue weighted by Gasteiger charge is -2.10. The number of anilines is 1. The topological polar surface area (TPSA) is 80.6 Å². The van der Waals surface area contributed by atoms with E-state index in [2.05, 4.69) is 15.5 Å². The van der Waals surface area contributed by atoms with Gasteiger partial charge in [0.2, 0.25) is 0 Å². The van der Waals surface area contributed by atoms with Crippen molar-refractivity contribution in [2.75, 3.05) is 12.4 Å². The van der Waals surface area contributed by atoms with E-state index < -0.39 is 0 Å². The highest BCUT2D eigenvalue weighted by Crippen LogP contribution is 2.32. The van der Waals surface area contributed by atoms with Gasteiger partial charge in [0.1, 0.15) is 11.4 Å². The number of rotatable bonds is 4. The van der Waals surface area contributed by atoms with Crippen molar-refractivity contribution in [3.05, 3.63) is 65.2 Å². The number of benzene rings is 2. The van der Waals surface area contributed by atoms with Gasteiger partial charge in [0.05, 0.1) is 18.3 Å². The van der Waals surface area contributed by atoms with Crippen LogP contribution in [0.4, 0.5) is 11.4 Å². The van der Waals surface area contributed by atoms with Crippen molar-refractivity contribution in [2.24, 2.45) is 5.18 Å². The van der Waals surface area contributed by atoms with E-state index in [0.717, 1.165) is 0 Å². The molecule has 1 N–H and O–H groups in total. The number of carbonyl (C=O) groups excluding carboxylic acids is 1. The Kier molecular flexibility index (Phi) is 3.97. The second-order valence-electron chi connectivity index (χ2n) is 4.80. The third-order valence-corrected chi connectivity index (χ3v) is 3.45. The fraction of sp³-hybridized carbons (Fsp3) is 0.0588. The van der Waals surface area contributed by atoms with Crippen molar-refractivity contribution in [3.8, 4) is 5.75 Å². The molecule has 0 aliphatic heterocycles. The summed E-state index contributed by atoms with van der Waals surface area (Å²) in [4.78, 5) is 27.7. The van der Waals surface area contributed by atoms with Gasteiger partial charge < -0.3 is 10.1 Å². The second-order valence-corrected chi connectivity index (χ2v) is 4.80. The molecule has 3 rings (SSSR count). The van der Waals surface area contributed by atoms with Crippen molar-refractivity contribution in [1.29, 1.82) is 0 Å². The van der Waals surface area contributed by atoms with E-state index in [1.54, 1.807) is 55.8 Å². The summed E-state index contributed by atoms with van der Waals surface area (Å²) in [6, 6.07) is 13.4. The van der Waals surface area contributed by atoms with Crippen LogP contribution in [0, 0.1) is 4.91 Å². The van der Waals surface area contributed by atoms with E-state index in [-0.39, 0.29) is 11.6 Å². The van der Waals surface area contributed by atoms with Crippen molar-refractivity contribution in [1.82, 2.24) is 4.98 Å². The van der Waals surface area contributed by atoms with Crippen molar-refractivity contribution in [3.63, 3.8) is 0 Å². The summed E-state index contributed by atoms with van der Waals surface area (Å²) in [7, 11) is 1.56. The minimum Gasteiger partial charge on any atom is -0.497 e. The maximum absolute atomic E-state index is 12.4. The van der Waals surface area contributed by atoms with Gasteiger partial charge >= 0.3 is 0 Å². The van der Waals surface area contributed by atoms with Crippen molar-refractivity contribution >= 4 is 28.2 Å². The lowest BCUT2D eigenvalue weighted by molar-refractivity contribution is 0.102. The molecule has 1 amide bonds. The Balaban J connectivity index is 1.99. The minimum atomic E-state index is -0.339. The average Bonchev–Trinajstić information content (AvgIpc) is 2.62. The Morgan fingerprint density at radius 1 is 1.13 bits per heavy atom. The maximum Gasteiger partial charge on any atom is 0.255 e. The van der Waals surface area contributed by atoms with E-state index in [1.807, 2.05) is 0 Å². The number of nitrogens with one attached hydrogen (secondary N) is 1. The van der Waals surface area contributed by atoms with Gasteiger partial charge in [-0.05, 0) is 53.7 Å². The number of nitroso groups, excluding NO2 is 1. The summed E-state index contributed by atoms with van der Waals surface area (Å²) in [6.07, 6.45) is 1.64. The molecule has 2 aromatic carbocycles. The van der Waals surface area contributed by atoms with Crippen LogP contribution in [-0.2, 0) is 0 Å². The van der Waals surface area contributed by atoms with E-state index in [1.165, 1.54) is 6.07 Å². The molecule has 114 valence electrons. The summed E-state index contributed by atoms with van der Waals surface area (Å²) in [5.41, 5.74) is 1.63. The number of fused-ring (bicyclic) bond motifs is 1. The number of hydrogen-bond donors (Lipinski definition) is 1. The molecule has 1 aromatic heterocycles. The number of carbonyl (C=O) groups is 1. The molecule has 6 nitrogen and oxygen atoms in total. The minimum absolute atomic E-state index is 0.160. The zero-order valence-corrected chi connectivity index (χ0v) is 12.3. The number of ether oxygens (including phenoxy) is 1. The lowest BCUT2D eigenvalue weighted by Crippen LogP contribution is -2.12. The van der Waals surface area contributed by atoms with Crippen LogP contribution in [0.5, 0.6) is 5.75 Å². The normalized spacial score (nSPS) is 10.3. The Morgan fingerprint density at radius 2 is 1.91 bits per heavy atom. The van der Waals surface area contributed by atoms with Crippen LogP contribution in [0.1, 0.15) is 10.4 Å². The molecular weight excluding hydrogens is 294 g/mol. The van der Waals surface area contributed by atoms with Crippen LogP contribution in [0.3, 0.4) is 0 Å². The zero-order valence-electron chi connectivity index (χ0n) is 12.3. The van der Waals surface area contributed by atoms with Crippen LogP contribution in [0.15, 0.2) is 59.9 Å². The van der Waals surface area contributed by atoms with Crippen LogP contribution < -0.4 is 10.1 Å². The first kappa shape index (κ1) is 14.6. The van der Waals surface area contributed by atoms with Crippen LogP contribution in [0.2, 0.25) is 0 Å². The van der Waals surface area contributed by atoms with Gasteiger partial charge in [-0.15, -0.1) is 4.91 Å². The summed E-state index contributed by atoms with van der Waals surface area (Å²) >= 11 is 0. The SMILES string of the molecule is COc1ccc(C(=O)Nc2c(N=O)ccc3ncccc23)cc1. The molecule has 0 bridgehead atoms. The Bertz CT molecular complexity index is 876. The molecule has 23 heavy (non-hydrogen) atoms. The number of nitrogens with zero attached hydrogens (tertiary/aromatic N) is 2. The van der Waals surface area contributed by atoms with Gasteiger partial charge in [-0.2, -0.15) is 0 Å². The lowest BCUT2D eigenvalue weighted by atomic mass is 10.1. The Labute approximate surface area is 132 Å². The molecule has 0 radical (unpaired) electrons. The highest BCUT2D eigenvalue weighted by Gasteiger charge is 2.13. The summed E-state index contributed by atoms with van der Waals surface area (Å²) in [6.45, 7) is 0. The largest absolute Gasteiger partial charge is 0.497 e. The summed E-state index contributed by atoms with van der Waals surface area (Å²) in [5, 5.41) is 6.39. The average molecular weight is 307 g/mol. The Morgan fingerprint density at radius 3 is 2.61 bits per heavy atom.